The van der Waals surface area contributed by atoms with E-state index in [1.165, 1.54) is 11.3 Å². The van der Waals surface area contributed by atoms with Crippen molar-refractivity contribution < 1.29 is 14.3 Å². The van der Waals surface area contributed by atoms with Crippen LogP contribution in [0, 0.1) is 6.92 Å². The number of halogens is 1. The van der Waals surface area contributed by atoms with Crippen LogP contribution in [0.4, 0.5) is 5.69 Å². The molecule has 3 aromatic rings. The Morgan fingerprint density at radius 3 is 2.68 bits per heavy atom. The lowest BCUT2D eigenvalue weighted by molar-refractivity contribution is -0.123. The predicted octanol–water partition coefficient (Wildman–Crippen LogP) is 5.05. The molecular formula is C19H16ClNO3S. The molecule has 0 radical (unpaired) electrons. The van der Waals surface area contributed by atoms with Crippen LogP contribution in [0.1, 0.15) is 22.2 Å². The van der Waals surface area contributed by atoms with Gasteiger partial charge in [-0.1, -0.05) is 35.9 Å². The van der Waals surface area contributed by atoms with Gasteiger partial charge in [0.1, 0.15) is 4.88 Å². The van der Waals surface area contributed by atoms with Crippen LogP contribution < -0.4 is 5.32 Å². The Morgan fingerprint density at radius 1 is 1.16 bits per heavy atom. The summed E-state index contributed by atoms with van der Waals surface area (Å²) in [4.78, 5) is 25.0. The third-order valence-corrected chi connectivity index (χ3v) is 5.07. The largest absolute Gasteiger partial charge is 0.448 e. The molecule has 128 valence electrons. The van der Waals surface area contributed by atoms with Gasteiger partial charge in [0.15, 0.2) is 6.10 Å². The summed E-state index contributed by atoms with van der Waals surface area (Å²) in [6, 6.07) is 14.7. The van der Waals surface area contributed by atoms with Crippen molar-refractivity contribution in [3.8, 4) is 0 Å². The molecule has 0 unspecified atom stereocenters. The Kier molecular flexibility index (Phi) is 5.06. The first-order valence-corrected chi connectivity index (χ1v) is 8.90. The number of ether oxygens (including phenoxy) is 1. The minimum atomic E-state index is -0.920. The number of hydrogen-bond donors (Lipinski definition) is 1. The standard InChI is InChI=1S/C19H16ClNO3S/c1-11-7-8-14(20)10-15(11)21-18(22)12(2)24-19(23)17-9-13-5-3-4-6-16(13)25-17/h3-10,12H,1-2H3,(H,21,22)/t12-/m1/s1. The third-order valence-electron chi connectivity index (χ3n) is 3.74. The number of carbonyl (C=O) groups excluding carboxylic acids is 2. The van der Waals surface area contributed by atoms with Gasteiger partial charge >= 0.3 is 5.97 Å². The van der Waals surface area contributed by atoms with Gasteiger partial charge in [-0.15, -0.1) is 11.3 Å². The van der Waals surface area contributed by atoms with Crippen molar-refractivity contribution in [3.63, 3.8) is 0 Å². The topological polar surface area (TPSA) is 55.4 Å². The van der Waals surface area contributed by atoms with E-state index in [0.29, 0.717) is 15.6 Å². The first kappa shape index (κ1) is 17.5. The number of fused-ring (bicyclic) bond motifs is 1. The van der Waals surface area contributed by atoms with E-state index in [9.17, 15) is 9.59 Å². The van der Waals surface area contributed by atoms with Gasteiger partial charge in [-0.05, 0) is 49.1 Å². The second-order valence-electron chi connectivity index (χ2n) is 5.64. The average molecular weight is 374 g/mol. The fraction of sp³-hybridized carbons (Fsp3) is 0.158. The van der Waals surface area contributed by atoms with Crippen molar-refractivity contribution in [2.45, 2.75) is 20.0 Å². The highest BCUT2D eigenvalue weighted by Crippen LogP contribution is 2.26. The van der Waals surface area contributed by atoms with Crippen LogP contribution in [-0.4, -0.2) is 18.0 Å². The number of amides is 1. The monoisotopic (exact) mass is 373 g/mol. The first-order valence-electron chi connectivity index (χ1n) is 7.70. The van der Waals surface area contributed by atoms with Crippen LogP contribution in [0.2, 0.25) is 5.02 Å². The zero-order valence-electron chi connectivity index (χ0n) is 13.7. The van der Waals surface area contributed by atoms with Crippen molar-refractivity contribution in [2.24, 2.45) is 0 Å². The van der Waals surface area contributed by atoms with Crippen molar-refractivity contribution in [3.05, 3.63) is 64.0 Å². The van der Waals surface area contributed by atoms with Gasteiger partial charge in [-0.2, -0.15) is 0 Å². The van der Waals surface area contributed by atoms with Crippen molar-refractivity contribution in [2.75, 3.05) is 5.32 Å². The lowest BCUT2D eigenvalue weighted by Crippen LogP contribution is -2.30. The fourth-order valence-corrected chi connectivity index (χ4v) is 3.44. The Morgan fingerprint density at radius 2 is 1.92 bits per heavy atom. The van der Waals surface area contributed by atoms with Crippen LogP contribution in [0.15, 0.2) is 48.5 Å². The van der Waals surface area contributed by atoms with E-state index in [4.69, 9.17) is 16.3 Å². The predicted molar refractivity (Wildman–Crippen MR) is 102 cm³/mol. The molecule has 1 atom stereocenters. The third kappa shape index (κ3) is 4.00. The van der Waals surface area contributed by atoms with E-state index in [1.807, 2.05) is 37.3 Å². The first-order chi connectivity index (χ1) is 11.9. The molecular weight excluding hydrogens is 358 g/mol. The summed E-state index contributed by atoms with van der Waals surface area (Å²) in [6.07, 6.45) is -0.920. The summed E-state index contributed by atoms with van der Waals surface area (Å²) in [5, 5.41) is 4.24. The van der Waals surface area contributed by atoms with Crippen molar-refractivity contribution >= 4 is 50.6 Å². The highest BCUT2D eigenvalue weighted by Gasteiger charge is 2.21. The van der Waals surface area contributed by atoms with Crippen LogP contribution >= 0.6 is 22.9 Å². The van der Waals surface area contributed by atoms with E-state index in [2.05, 4.69) is 5.32 Å². The molecule has 0 saturated heterocycles. The van der Waals surface area contributed by atoms with Gasteiger partial charge in [-0.25, -0.2) is 4.79 Å². The minimum absolute atomic E-state index is 0.403. The molecule has 0 spiro atoms. The molecule has 1 aromatic heterocycles. The van der Waals surface area contributed by atoms with Crippen LogP contribution in [0.5, 0.6) is 0 Å². The Labute approximate surface area is 154 Å². The Hall–Kier alpha value is -2.37. The number of esters is 1. The van der Waals surface area contributed by atoms with Gasteiger partial charge in [0, 0.05) is 15.4 Å². The van der Waals surface area contributed by atoms with Gasteiger partial charge in [0.05, 0.1) is 0 Å². The maximum atomic E-state index is 12.3. The lowest BCUT2D eigenvalue weighted by Gasteiger charge is -2.14. The zero-order chi connectivity index (χ0) is 18.0. The number of anilines is 1. The number of thiophene rings is 1. The number of benzene rings is 2. The maximum absolute atomic E-state index is 12.3. The van der Waals surface area contributed by atoms with E-state index >= 15 is 0 Å². The van der Waals surface area contributed by atoms with Crippen molar-refractivity contribution in [1.29, 1.82) is 0 Å². The minimum Gasteiger partial charge on any atom is -0.448 e. The fourth-order valence-electron chi connectivity index (χ4n) is 2.32. The quantitative estimate of drug-likeness (QED) is 0.651. The summed E-state index contributed by atoms with van der Waals surface area (Å²) in [5.41, 5.74) is 1.48. The zero-order valence-corrected chi connectivity index (χ0v) is 15.3. The molecule has 0 fully saturated rings. The van der Waals surface area contributed by atoms with Crippen LogP contribution in [0.25, 0.3) is 10.1 Å². The molecule has 25 heavy (non-hydrogen) atoms. The molecule has 1 amide bonds. The highest BCUT2D eigenvalue weighted by molar-refractivity contribution is 7.20. The van der Waals surface area contributed by atoms with Crippen LogP contribution in [-0.2, 0) is 9.53 Å². The number of rotatable bonds is 4. The van der Waals surface area contributed by atoms with E-state index in [-0.39, 0.29) is 0 Å². The summed E-state index contributed by atoms with van der Waals surface area (Å²) in [6.45, 7) is 3.40. The summed E-state index contributed by atoms with van der Waals surface area (Å²) in [5.74, 6) is -0.911. The Bertz CT molecular complexity index is 918. The molecule has 0 aliphatic rings. The average Bonchev–Trinajstić information content (AvgIpc) is 3.02. The van der Waals surface area contributed by atoms with Crippen LogP contribution in [0.3, 0.4) is 0 Å². The van der Waals surface area contributed by atoms with E-state index in [1.54, 1.807) is 25.1 Å². The molecule has 0 saturated carbocycles. The van der Waals surface area contributed by atoms with E-state index < -0.39 is 18.0 Å². The second kappa shape index (κ2) is 7.25. The van der Waals surface area contributed by atoms with Gasteiger partial charge in [-0.3, -0.25) is 4.79 Å². The molecule has 2 aromatic carbocycles. The number of nitrogens with one attached hydrogen (secondary N) is 1. The van der Waals surface area contributed by atoms with Crippen molar-refractivity contribution in [1.82, 2.24) is 0 Å². The molecule has 0 aliphatic carbocycles. The van der Waals surface area contributed by atoms with Gasteiger partial charge < -0.3 is 10.1 Å². The van der Waals surface area contributed by atoms with E-state index in [0.717, 1.165) is 15.6 Å². The number of carbonyl (C=O) groups is 2. The maximum Gasteiger partial charge on any atom is 0.349 e. The number of hydrogen-bond acceptors (Lipinski definition) is 4. The normalized spacial score (nSPS) is 12.0. The van der Waals surface area contributed by atoms with Gasteiger partial charge in [0.2, 0.25) is 0 Å². The summed E-state index contributed by atoms with van der Waals surface area (Å²) < 4.78 is 6.30. The second-order valence-corrected chi connectivity index (χ2v) is 7.16. The summed E-state index contributed by atoms with van der Waals surface area (Å²) >= 11 is 7.29. The lowest BCUT2D eigenvalue weighted by atomic mass is 10.2. The smallest absolute Gasteiger partial charge is 0.349 e. The SMILES string of the molecule is Cc1ccc(Cl)cc1NC(=O)[C@@H](C)OC(=O)c1cc2ccccc2s1. The molecule has 6 heteroatoms. The molecule has 3 rings (SSSR count). The molecule has 1 heterocycles. The number of aryl methyl sites for hydroxylation is 1. The highest BCUT2D eigenvalue weighted by atomic mass is 35.5. The molecule has 1 N–H and O–H groups in total. The van der Waals surface area contributed by atoms with Gasteiger partial charge in [0.25, 0.3) is 5.91 Å². The molecule has 0 bridgehead atoms. The summed E-state index contributed by atoms with van der Waals surface area (Å²) in [7, 11) is 0. The molecule has 0 aliphatic heterocycles. The molecule has 4 nitrogen and oxygen atoms in total. The Balaban J connectivity index is 1.68.